The van der Waals surface area contributed by atoms with Gasteiger partial charge in [0.1, 0.15) is 11.5 Å². The molecule has 0 N–H and O–H groups in total. The summed E-state index contributed by atoms with van der Waals surface area (Å²) in [5, 5.41) is 2.66. The highest BCUT2D eigenvalue weighted by Crippen LogP contribution is 2.39. The second kappa shape index (κ2) is 4.88. The van der Waals surface area contributed by atoms with E-state index in [2.05, 4.69) is 90.4 Å². The Labute approximate surface area is 163 Å². The summed E-state index contributed by atoms with van der Waals surface area (Å²) in [6.07, 6.45) is 0. The summed E-state index contributed by atoms with van der Waals surface area (Å²) in [6, 6.07) is 28.3. The van der Waals surface area contributed by atoms with E-state index in [1.807, 2.05) is 0 Å². The zero-order chi connectivity index (χ0) is 18.4. The molecule has 2 nitrogen and oxygen atoms in total. The van der Waals surface area contributed by atoms with E-state index in [1.165, 1.54) is 49.4 Å². The van der Waals surface area contributed by atoms with Gasteiger partial charge in [-0.1, -0.05) is 48.5 Å². The predicted octanol–water partition coefficient (Wildman–Crippen LogP) is 4.03. The van der Waals surface area contributed by atoms with E-state index in [1.54, 1.807) is 0 Å². The Morgan fingerprint density at radius 1 is 0.750 bits per heavy atom. The van der Waals surface area contributed by atoms with E-state index in [0.29, 0.717) is 0 Å². The van der Waals surface area contributed by atoms with Crippen LogP contribution >= 0.6 is 0 Å². The van der Waals surface area contributed by atoms with Crippen molar-refractivity contribution in [3.63, 3.8) is 0 Å². The molecule has 0 bridgehead atoms. The number of aromatic nitrogens is 1. The Morgan fingerprint density at radius 2 is 1.57 bits per heavy atom. The molecule has 2 aliphatic heterocycles. The van der Waals surface area contributed by atoms with Gasteiger partial charge in [-0.25, -0.2) is 0 Å². The molecule has 0 unspecified atom stereocenters. The van der Waals surface area contributed by atoms with Crippen molar-refractivity contribution in [3.8, 4) is 17.2 Å². The molecule has 0 aliphatic carbocycles. The molecule has 2 aliphatic rings. The van der Waals surface area contributed by atoms with Crippen LogP contribution in [-0.4, -0.2) is 11.3 Å². The van der Waals surface area contributed by atoms with Gasteiger partial charge in [0.15, 0.2) is 0 Å². The van der Waals surface area contributed by atoms with Crippen LogP contribution < -0.4 is 21.1 Å². The summed E-state index contributed by atoms with van der Waals surface area (Å²) in [7, 11) is 0. The standard InChI is InChI=1S/C25H16BNO/c1-15-7-6-11-20-23(15)16-13-14-22-24-25(16)27(20)19-10-4-2-8-17(19)26(24)18-9-3-5-12-21(18)28-22/h2-14H,1H3. The van der Waals surface area contributed by atoms with Crippen molar-refractivity contribution in [1.82, 2.24) is 4.57 Å². The zero-order valence-electron chi connectivity index (χ0n) is 15.4. The van der Waals surface area contributed by atoms with Crippen LogP contribution in [0.4, 0.5) is 0 Å². The number of aryl methyl sites for hydroxylation is 1. The van der Waals surface area contributed by atoms with Crippen molar-refractivity contribution in [2.24, 2.45) is 0 Å². The minimum Gasteiger partial charge on any atom is -0.458 e. The van der Waals surface area contributed by atoms with Gasteiger partial charge in [0, 0.05) is 16.5 Å². The second-order valence-corrected chi connectivity index (χ2v) is 7.81. The van der Waals surface area contributed by atoms with E-state index >= 15 is 0 Å². The maximum atomic E-state index is 6.37. The predicted molar refractivity (Wildman–Crippen MR) is 117 cm³/mol. The van der Waals surface area contributed by atoms with Gasteiger partial charge >= 0.3 is 0 Å². The van der Waals surface area contributed by atoms with Crippen LogP contribution in [0.5, 0.6) is 11.5 Å². The highest BCUT2D eigenvalue weighted by atomic mass is 16.5. The number of hydrogen-bond donors (Lipinski definition) is 0. The number of fused-ring (bicyclic) bond motifs is 8. The minimum atomic E-state index is 0.206. The summed E-state index contributed by atoms with van der Waals surface area (Å²) in [5.41, 5.74) is 9.05. The summed E-state index contributed by atoms with van der Waals surface area (Å²) < 4.78 is 8.82. The van der Waals surface area contributed by atoms with Crippen LogP contribution in [-0.2, 0) is 0 Å². The van der Waals surface area contributed by atoms with Crippen LogP contribution in [0.15, 0.2) is 78.9 Å². The summed E-state index contributed by atoms with van der Waals surface area (Å²) in [4.78, 5) is 0. The van der Waals surface area contributed by atoms with Crippen molar-refractivity contribution in [1.29, 1.82) is 0 Å². The van der Waals surface area contributed by atoms with Gasteiger partial charge in [0.2, 0.25) is 0 Å². The molecule has 28 heavy (non-hydrogen) atoms. The fraction of sp³-hybridized carbons (Fsp3) is 0.0400. The maximum absolute atomic E-state index is 6.37. The molecular weight excluding hydrogens is 341 g/mol. The van der Waals surface area contributed by atoms with Gasteiger partial charge in [-0.3, -0.25) is 0 Å². The number of rotatable bonds is 0. The molecule has 130 valence electrons. The Balaban J connectivity index is 1.77. The largest absolute Gasteiger partial charge is 0.458 e. The SMILES string of the molecule is Cc1cccc2c1c1ccc3c4c1n2-c1ccccc1B4c1ccccc1O3. The molecule has 0 fully saturated rings. The number of hydrogen-bond acceptors (Lipinski definition) is 1. The van der Waals surface area contributed by atoms with E-state index < -0.39 is 0 Å². The normalized spacial score (nSPS) is 13.4. The number of para-hydroxylation sites is 2. The van der Waals surface area contributed by atoms with Crippen LogP contribution in [0.3, 0.4) is 0 Å². The van der Waals surface area contributed by atoms with Crippen molar-refractivity contribution in [2.75, 3.05) is 0 Å². The lowest BCUT2D eigenvalue weighted by Crippen LogP contribution is -2.58. The number of nitrogens with zero attached hydrogens (tertiary/aromatic N) is 1. The highest BCUT2D eigenvalue weighted by molar-refractivity contribution is 6.99. The molecular formula is C25H16BNO. The number of ether oxygens (including phenoxy) is 1. The summed E-state index contributed by atoms with van der Waals surface area (Å²) in [6.45, 7) is 2.41. The lowest BCUT2D eigenvalue weighted by atomic mass is 9.34. The zero-order valence-corrected chi connectivity index (χ0v) is 15.4. The third-order valence-electron chi connectivity index (χ3n) is 6.39. The van der Waals surface area contributed by atoms with Crippen LogP contribution in [0.25, 0.3) is 27.5 Å². The molecule has 7 rings (SSSR count). The Kier molecular flexibility index (Phi) is 2.54. The van der Waals surface area contributed by atoms with Crippen LogP contribution in [0.1, 0.15) is 5.56 Å². The van der Waals surface area contributed by atoms with Crippen molar-refractivity contribution in [3.05, 3.63) is 84.4 Å². The molecule has 0 saturated carbocycles. The van der Waals surface area contributed by atoms with E-state index in [4.69, 9.17) is 4.74 Å². The van der Waals surface area contributed by atoms with Gasteiger partial charge in [0.25, 0.3) is 6.71 Å². The Morgan fingerprint density at radius 3 is 2.50 bits per heavy atom. The molecule has 3 heteroatoms. The van der Waals surface area contributed by atoms with Crippen molar-refractivity contribution >= 4 is 44.9 Å². The molecule has 1 aromatic heterocycles. The molecule has 0 atom stereocenters. The minimum absolute atomic E-state index is 0.206. The summed E-state index contributed by atoms with van der Waals surface area (Å²) >= 11 is 0. The van der Waals surface area contributed by atoms with Gasteiger partial charge in [-0.05, 0) is 59.2 Å². The molecule has 0 saturated heterocycles. The third kappa shape index (κ3) is 1.57. The lowest BCUT2D eigenvalue weighted by molar-refractivity contribution is 0.488. The van der Waals surface area contributed by atoms with Crippen LogP contribution in [0.2, 0.25) is 0 Å². The van der Waals surface area contributed by atoms with Crippen molar-refractivity contribution < 1.29 is 4.74 Å². The lowest BCUT2D eigenvalue weighted by Gasteiger charge is -2.32. The van der Waals surface area contributed by atoms with E-state index in [9.17, 15) is 0 Å². The molecule has 0 radical (unpaired) electrons. The average Bonchev–Trinajstić information content (AvgIpc) is 3.09. The van der Waals surface area contributed by atoms with E-state index in [0.717, 1.165) is 11.5 Å². The molecule has 0 spiro atoms. The Hall–Kier alpha value is -3.46. The monoisotopic (exact) mass is 357 g/mol. The second-order valence-electron chi connectivity index (χ2n) is 7.81. The highest BCUT2D eigenvalue weighted by Gasteiger charge is 2.40. The van der Waals surface area contributed by atoms with Gasteiger partial charge in [-0.15, -0.1) is 0 Å². The van der Waals surface area contributed by atoms with Gasteiger partial charge in [0.05, 0.1) is 11.0 Å². The maximum Gasteiger partial charge on any atom is 0.256 e. The average molecular weight is 357 g/mol. The first-order chi connectivity index (χ1) is 13.8. The van der Waals surface area contributed by atoms with Gasteiger partial charge < -0.3 is 9.30 Å². The van der Waals surface area contributed by atoms with Crippen LogP contribution in [0, 0.1) is 6.92 Å². The van der Waals surface area contributed by atoms with E-state index in [-0.39, 0.29) is 6.71 Å². The van der Waals surface area contributed by atoms with Gasteiger partial charge in [-0.2, -0.15) is 0 Å². The fourth-order valence-corrected chi connectivity index (χ4v) is 5.30. The molecule has 0 amide bonds. The molecule has 3 heterocycles. The first kappa shape index (κ1) is 14.6. The fourth-order valence-electron chi connectivity index (χ4n) is 5.30. The quantitative estimate of drug-likeness (QED) is 0.374. The first-order valence-corrected chi connectivity index (χ1v) is 9.75. The first-order valence-electron chi connectivity index (χ1n) is 9.75. The number of benzene rings is 4. The third-order valence-corrected chi connectivity index (χ3v) is 6.39. The Bertz CT molecular complexity index is 1460. The smallest absolute Gasteiger partial charge is 0.256 e. The molecule has 5 aromatic rings. The summed E-state index contributed by atoms with van der Waals surface area (Å²) in [5.74, 6) is 1.95. The topological polar surface area (TPSA) is 14.2 Å². The van der Waals surface area contributed by atoms with Crippen molar-refractivity contribution in [2.45, 2.75) is 6.92 Å². The molecule has 4 aromatic carbocycles.